The molecule has 2 N–H and O–H groups in total. The number of halogens is 1. The molecule has 1 rings (SSSR count). The summed E-state index contributed by atoms with van der Waals surface area (Å²) in [5.74, 6) is -0.632. The SMILES string of the molecule is COC(=O)C1=C(Cl)[C@@H](O)[C@@H](O)C=C1. The molecule has 0 aromatic carbocycles. The van der Waals surface area contributed by atoms with Crippen LogP contribution in [0.4, 0.5) is 0 Å². The summed E-state index contributed by atoms with van der Waals surface area (Å²) in [5, 5.41) is 18.3. The molecule has 0 fully saturated rings. The van der Waals surface area contributed by atoms with E-state index >= 15 is 0 Å². The molecule has 0 aromatic rings. The van der Waals surface area contributed by atoms with Gasteiger partial charge in [0.25, 0.3) is 0 Å². The van der Waals surface area contributed by atoms with Gasteiger partial charge in [0.05, 0.1) is 17.7 Å². The summed E-state index contributed by atoms with van der Waals surface area (Å²) in [4.78, 5) is 11.0. The molecule has 0 saturated carbocycles. The molecule has 4 nitrogen and oxygen atoms in total. The molecule has 0 amide bonds. The van der Waals surface area contributed by atoms with Gasteiger partial charge in [0.15, 0.2) is 0 Å². The van der Waals surface area contributed by atoms with E-state index in [1.165, 1.54) is 19.3 Å². The Balaban J connectivity index is 2.97. The lowest BCUT2D eigenvalue weighted by molar-refractivity contribution is -0.135. The molecule has 0 bridgehead atoms. The third-order valence-corrected chi connectivity index (χ3v) is 2.13. The Morgan fingerprint density at radius 2 is 2.23 bits per heavy atom. The summed E-state index contributed by atoms with van der Waals surface area (Å²) in [6, 6.07) is 0. The molecule has 0 heterocycles. The molecule has 0 spiro atoms. The van der Waals surface area contributed by atoms with Crippen LogP contribution in [0.1, 0.15) is 0 Å². The quantitative estimate of drug-likeness (QED) is 0.588. The van der Waals surface area contributed by atoms with Gasteiger partial charge < -0.3 is 14.9 Å². The number of carbonyl (C=O) groups is 1. The van der Waals surface area contributed by atoms with Gasteiger partial charge in [-0.05, 0) is 6.08 Å². The maximum atomic E-state index is 11.0. The van der Waals surface area contributed by atoms with Crippen LogP contribution in [0, 0.1) is 0 Å². The van der Waals surface area contributed by atoms with Gasteiger partial charge >= 0.3 is 5.97 Å². The molecule has 5 heteroatoms. The average molecular weight is 205 g/mol. The molecule has 1 aliphatic rings. The van der Waals surface area contributed by atoms with Crippen molar-refractivity contribution in [3.8, 4) is 0 Å². The zero-order valence-electron chi connectivity index (χ0n) is 6.90. The monoisotopic (exact) mass is 204 g/mol. The minimum Gasteiger partial charge on any atom is -0.465 e. The Kier molecular flexibility index (Phi) is 3.08. The minimum atomic E-state index is -1.25. The molecule has 0 aliphatic heterocycles. The zero-order valence-corrected chi connectivity index (χ0v) is 7.65. The summed E-state index contributed by atoms with van der Waals surface area (Å²) in [6.45, 7) is 0. The average Bonchev–Trinajstić information content (AvgIpc) is 2.13. The van der Waals surface area contributed by atoms with E-state index in [0.29, 0.717) is 0 Å². The summed E-state index contributed by atoms with van der Waals surface area (Å²) < 4.78 is 4.42. The van der Waals surface area contributed by atoms with Gasteiger partial charge in [0.1, 0.15) is 12.2 Å². The second kappa shape index (κ2) is 3.91. The number of rotatable bonds is 1. The van der Waals surface area contributed by atoms with Crippen LogP contribution in [0.2, 0.25) is 0 Å². The summed E-state index contributed by atoms with van der Waals surface area (Å²) >= 11 is 5.62. The summed E-state index contributed by atoms with van der Waals surface area (Å²) in [7, 11) is 1.21. The van der Waals surface area contributed by atoms with E-state index in [-0.39, 0.29) is 10.6 Å². The van der Waals surface area contributed by atoms with E-state index < -0.39 is 18.2 Å². The number of hydrogen-bond acceptors (Lipinski definition) is 4. The highest BCUT2D eigenvalue weighted by atomic mass is 35.5. The van der Waals surface area contributed by atoms with Crippen LogP contribution in [0.5, 0.6) is 0 Å². The van der Waals surface area contributed by atoms with Gasteiger partial charge in [-0.25, -0.2) is 4.79 Å². The van der Waals surface area contributed by atoms with Gasteiger partial charge in [0.2, 0.25) is 0 Å². The first-order chi connectivity index (χ1) is 6.07. The number of aliphatic hydroxyl groups excluding tert-OH is 2. The van der Waals surface area contributed by atoms with E-state index in [0.717, 1.165) is 0 Å². The fourth-order valence-electron chi connectivity index (χ4n) is 0.964. The maximum absolute atomic E-state index is 11.0. The van der Waals surface area contributed by atoms with Crippen molar-refractivity contribution in [3.05, 3.63) is 22.8 Å². The van der Waals surface area contributed by atoms with E-state index in [1.54, 1.807) is 0 Å². The van der Waals surface area contributed by atoms with Crippen LogP contribution >= 0.6 is 11.6 Å². The molecule has 72 valence electrons. The molecule has 0 aromatic heterocycles. The summed E-state index contributed by atoms with van der Waals surface area (Å²) in [6.07, 6.45) is 0.288. The van der Waals surface area contributed by atoms with E-state index in [9.17, 15) is 9.90 Å². The first-order valence-electron chi connectivity index (χ1n) is 3.60. The lowest BCUT2D eigenvalue weighted by atomic mass is 10.0. The van der Waals surface area contributed by atoms with Crippen LogP contribution in [-0.2, 0) is 9.53 Å². The van der Waals surface area contributed by atoms with Crippen molar-refractivity contribution in [2.45, 2.75) is 12.2 Å². The Hall–Kier alpha value is -0.840. The fourth-order valence-corrected chi connectivity index (χ4v) is 1.23. The number of carbonyl (C=O) groups excluding carboxylic acids is 1. The predicted molar refractivity (Wildman–Crippen MR) is 46.0 cm³/mol. The lowest BCUT2D eigenvalue weighted by Gasteiger charge is -2.19. The number of aliphatic hydroxyl groups is 2. The summed E-state index contributed by atoms with van der Waals surface area (Å²) in [5.41, 5.74) is 0.0713. The molecule has 2 atom stereocenters. The standard InChI is InChI=1S/C8H9ClO4/c1-13-8(12)4-2-3-5(10)7(11)6(4)9/h2-3,5,7,10-11H,1H3/t5-,7-/m0/s1. The Morgan fingerprint density at radius 3 is 2.77 bits per heavy atom. The second-order valence-electron chi connectivity index (χ2n) is 2.55. The van der Waals surface area contributed by atoms with Crippen LogP contribution in [0.3, 0.4) is 0 Å². The van der Waals surface area contributed by atoms with Gasteiger partial charge in [-0.1, -0.05) is 17.7 Å². The van der Waals surface area contributed by atoms with Crippen molar-refractivity contribution in [2.75, 3.05) is 7.11 Å². The van der Waals surface area contributed by atoms with Crippen LogP contribution in [0.25, 0.3) is 0 Å². The lowest BCUT2D eigenvalue weighted by Crippen LogP contribution is -2.29. The number of esters is 1. The Labute approximate surface area is 80.1 Å². The van der Waals surface area contributed by atoms with Crippen molar-refractivity contribution in [2.24, 2.45) is 0 Å². The number of hydrogen-bond donors (Lipinski definition) is 2. The van der Waals surface area contributed by atoms with Gasteiger partial charge in [-0.15, -0.1) is 0 Å². The fraction of sp³-hybridized carbons (Fsp3) is 0.375. The molecule has 0 unspecified atom stereocenters. The normalized spacial score (nSPS) is 27.7. The molecule has 0 radical (unpaired) electrons. The topological polar surface area (TPSA) is 66.8 Å². The van der Waals surface area contributed by atoms with E-state index in [1.807, 2.05) is 0 Å². The molecular formula is C8H9ClO4. The first kappa shape index (κ1) is 10.2. The molecule has 0 saturated heterocycles. The predicted octanol–water partition coefficient (Wildman–Crippen LogP) is -0.0561. The van der Waals surface area contributed by atoms with Crippen LogP contribution < -0.4 is 0 Å². The highest BCUT2D eigenvalue weighted by molar-refractivity contribution is 6.32. The second-order valence-corrected chi connectivity index (χ2v) is 2.95. The van der Waals surface area contributed by atoms with Gasteiger partial charge in [0, 0.05) is 0 Å². The van der Waals surface area contributed by atoms with Crippen molar-refractivity contribution < 1.29 is 19.7 Å². The minimum absolute atomic E-state index is 0.0713. The van der Waals surface area contributed by atoms with Gasteiger partial charge in [-0.3, -0.25) is 0 Å². The molecule has 1 aliphatic carbocycles. The third-order valence-electron chi connectivity index (χ3n) is 1.71. The molecular weight excluding hydrogens is 196 g/mol. The van der Waals surface area contributed by atoms with Crippen LogP contribution in [0.15, 0.2) is 22.8 Å². The third kappa shape index (κ3) is 1.91. The van der Waals surface area contributed by atoms with Crippen molar-refractivity contribution in [1.29, 1.82) is 0 Å². The zero-order chi connectivity index (χ0) is 10.0. The van der Waals surface area contributed by atoms with Gasteiger partial charge in [-0.2, -0.15) is 0 Å². The highest BCUT2D eigenvalue weighted by Crippen LogP contribution is 2.23. The molecule has 13 heavy (non-hydrogen) atoms. The first-order valence-corrected chi connectivity index (χ1v) is 3.98. The largest absolute Gasteiger partial charge is 0.465 e. The van der Waals surface area contributed by atoms with Crippen LogP contribution in [-0.4, -0.2) is 35.5 Å². The van der Waals surface area contributed by atoms with Crippen molar-refractivity contribution in [1.82, 2.24) is 0 Å². The van der Waals surface area contributed by atoms with Crippen molar-refractivity contribution >= 4 is 17.6 Å². The Morgan fingerprint density at radius 1 is 1.62 bits per heavy atom. The van der Waals surface area contributed by atoms with E-state index in [2.05, 4.69) is 4.74 Å². The van der Waals surface area contributed by atoms with Crippen molar-refractivity contribution in [3.63, 3.8) is 0 Å². The maximum Gasteiger partial charge on any atom is 0.339 e. The number of ether oxygens (including phenoxy) is 1. The highest BCUT2D eigenvalue weighted by Gasteiger charge is 2.26. The smallest absolute Gasteiger partial charge is 0.339 e. The number of methoxy groups -OCH3 is 1. The Bertz CT molecular complexity index is 282. The van der Waals surface area contributed by atoms with E-state index in [4.69, 9.17) is 16.7 Å².